The molecule has 1 aromatic heterocycles. The van der Waals surface area contributed by atoms with Gasteiger partial charge in [0.25, 0.3) is 5.91 Å². The third-order valence-corrected chi connectivity index (χ3v) is 2.82. The smallest absolute Gasteiger partial charge is 0.251 e. The van der Waals surface area contributed by atoms with Crippen LogP contribution in [0.4, 0.5) is 0 Å². The van der Waals surface area contributed by atoms with E-state index in [1.165, 1.54) is 24.6 Å². The van der Waals surface area contributed by atoms with Gasteiger partial charge in [0.1, 0.15) is 0 Å². The molecular formula is C13H17N3O. The van der Waals surface area contributed by atoms with E-state index in [2.05, 4.69) is 28.8 Å². The number of carbonyl (C=O) groups excluding carboxylic acids is 1. The van der Waals surface area contributed by atoms with Crippen molar-refractivity contribution in [3.8, 4) is 0 Å². The third kappa shape index (κ3) is 3.33. The Labute approximate surface area is 101 Å². The van der Waals surface area contributed by atoms with E-state index >= 15 is 0 Å². The van der Waals surface area contributed by atoms with E-state index in [-0.39, 0.29) is 5.91 Å². The van der Waals surface area contributed by atoms with E-state index in [9.17, 15) is 4.79 Å². The number of aryl methyl sites for hydroxylation is 1. The van der Waals surface area contributed by atoms with E-state index in [0.717, 1.165) is 18.9 Å². The fourth-order valence-corrected chi connectivity index (χ4v) is 1.84. The van der Waals surface area contributed by atoms with Crippen LogP contribution in [0.2, 0.25) is 0 Å². The van der Waals surface area contributed by atoms with Crippen molar-refractivity contribution in [2.24, 2.45) is 0 Å². The second kappa shape index (κ2) is 5.51. The molecule has 0 atom stereocenters. The molecule has 1 aromatic rings. The average Bonchev–Trinajstić information content (AvgIpc) is 3.05. The van der Waals surface area contributed by atoms with Crippen LogP contribution in [-0.4, -0.2) is 22.2 Å². The van der Waals surface area contributed by atoms with Crippen LogP contribution in [0.25, 0.3) is 0 Å². The number of rotatable bonds is 6. The van der Waals surface area contributed by atoms with Gasteiger partial charge in [-0.25, -0.2) is 0 Å². The zero-order valence-corrected chi connectivity index (χ0v) is 9.85. The molecule has 1 aliphatic carbocycles. The van der Waals surface area contributed by atoms with Crippen molar-refractivity contribution in [1.82, 2.24) is 15.1 Å². The average molecular weight is 231 g/mol. The summed E-state index contributed by atoms with van der Waals surface area (Å²) in [5, 5.41) is 7.08. The van der Waals surface area contributed by atoms with Crippen molar-refractivity contribution >= 4 is 5.91 Å². The minimum absolute atomic E-state index is 0.136. The van der Waals surface area contributed by atoms with E-state index in [0.29, 0.717) is 6.54 Å². The summed E-state index contributed by atoms with van der Waals surface area (Å²) >= 11 is 0. The lowest BCUT2D eigenvalue weighted by Crippen LogP contribution is -2.23. The highest BCUT2D eigenvalue weighted by Crippen LogP contribution is 2.39. The molecule has 1 N–H and O–H groups in total. The first-order chi connectivity index (χ1) is 8.31. The Kier molecular flexibility index (Phi) is 3.78. The van der Waals surface area contributed by atoms with Crippen molar-refractivity contribution in [1.29, 1.82) is 0 Å². The number of nitrogens with one attached hydrogen (secondary N) is 1. The van der Waals surface area contributed by atoms with Crippen LogP contribution in [-0.2, 0) is 11.3 Å². The van der Waals surface area contributed by atoms with Gasteiger partial charge in [0.2, 0.25) is 0 Å². The Morgan fingerprint density at radius 2 is 2.53 bits per heavy atom. The highest BCUT2D eigenvalue weighted by molar-refractivity contribution is 5.87. The predicted molar refractivity (Wildman–Crippen MR) is 65.5 cm³/mol. The largest absolute Gasteiger partial charge is 0.352 e. The van der Waals surface area contributed by atoms with Gasteiger partial charge in [0.15, 0.2) is 0 Å². The van der Waals surface area contributed by atoms with Gasteiger partial charge in [-0.05, 0) is 25.3 Å². The van der Waals surface area contributed by atoms with Crippen LogP contribution in [0.3, 0.4) is 0 Å². The monoisotopic (exact) mass is 231 g/mol. The Morgan fingerprint density at radius 1 is 1.71 bits per heavy atom. The Morgan fingerprint density at radius 3 is 3.24 bits per heavy atom. The summed E-state index contributed by atoms with van der Waals surface area (Å²) in [6.45, 7) is 4.86. The lowest BCUT2D eigenvalue weighted by Gasteiger charge is -2.06. The summed E-state index contributed by atoms with van der Waals surface area (Å²) in [4.78, 5) is 11.1. The first kappa shape index (κ1) is 11.7. The van der Waals surface area contributed by atoms with Crippen molar-refractivity contribution in [3.63, 3.8) is 0 Å². The normalized spacial score (nSPS) is 14.1. The fraction of sp³-hybridized carbons (Fsp3) is 0.462. The highest BCUT2D eigenvalue weighted by Gasteiger charge is 2.26. The van der Waals surface area contributed by atoms with Gasteiger partial charge >= 0.3 is 0 Å². The maximum atomic E-state index is 11.1. The molecule has 0 aromatic carbocycles. The molecule has 90 valence electrons. The van der Waals surface area contributed by atoms with Gasteiger partial charge in [-0.1, -0.05) is 6.58 Å². The molecule has 4 nitrogen and oxygen atoms in total. The standard InChI is InChI=1S/C13H17N3O/c1-2-4-13(17)14-8-3-10-16-12(7-9-15-16)11-5-6-11/h4,7,9,11H,1,3,5-6,8,10H2,(H,14,17). The maximum Gasteiger partial charge on any atom is 0.251 e. The Balaban J connectivity index is 1.72. The zero-order valence-electron chi connectivity index (χ0n) is 9.85. The number of hydrogen-bond acceptors (Lipinski definition) is 2. The number of aromatic nitrogens is 2. The van der Waals surface area contributed by atoms with Crippen LogP contribution in [0.5, 0.6) is 0 Å². The predicted octanol–water partition coefficient (Wildman–Crippen LogP) is 1.61. The Bertz CT molecular complexity index is 439. The summed E-state index contributed by atoms with van der Waals surface area (Å²) in [5.41, 5.74) is 3.79. The quantitative estimate of drug-likeness (QED) is 0.459. The van der Waals surface area contributed by atoms with Crippen LogP contribution < -0.4 is 5.32 Å². The van der Waals surface area contributed by atoms with Crippen molar-refractivity contribution < 1.29 is 4.79 Å². The molecule has 0 bridgehead atoms. The first-order valence-corrected chi connectivity index (χ1v) is 5.96. The van der Waals surface area contributed by atoms with E-state index < -0.39 is 0 Å². The summed E-state index contributed by atoms with van der Waals surface area (Å²) in [7, 11) is 0. The molecular weight excluding hydrogens is 214 g/mol. The Hall–Kier alpha value is -1.80. The second-order valence-corrected chi connectivity index (χ2v) is 4.25. The molecule has 2 rings (SSSR count). The van der Waals surface area contributed by atoms with Gasteiger partial charge in [0, 0.05) is 37.0 Å². The maximum absolute atomic E-state index is 11.1. The van der Waals surface area contributed by atoms with Crippen LogP contribution in [0, 0.1) is 0 Å². The first-order valence-electron chi connectivity index (χ1n) is 5.96. The number of nitrogens with zero attached hydrogens (tertiary/aromatic N) is 2. The molecule has 1 amide bonds. The highest BCUT2D eigenvalue weighted by atomic mass is 16.1. The van der Waals surface area contributed by atoms with Crippen LogP contribution >= 0.6 is 0 Å². The summed E-state index contributed by atoms with van der Waals surface area (Å²) in [5.74, 6) is 0.582. The van der Waals surface area contributed by atoms with Crippen molar-refractivity contribution in [2.75, 3.05) is 6.54 Å². The van der Waals surface area contributed by atoms with E-state index in [4.69, 9.17) is 0 Å². The second-order valence-electron chi connectivity index (χ2n) is 4.25. The lowest BCUT2D eigenvalue weighted by molar-refractivity contribution is -0.116. The summed E-state index contributed by atoms with van der Waals surface area (Å²) in [6.07, 6.45) is 6.62. The molecule has 1 heterocycles. The zero-order chi connectivity index (χ0) is 12.1. The topological polar surface area (TPSA) is 46.9 Å². The molecule has 0 unspecified atom stereocenters. The van der Waals surface area contributed by atoms with Crippen LogP contribution in [0.15, 0.2) is 30.6 Å². The summed E-state index contributed by atoms with van der Waals surface area (Å²) in [6, 6.07) is 2.09. The van der Waals surface area contributed by atoms with Gasteiger partial charge in [-0.15, -0.1) is 5.73 Å². The molecule has 0 spiro atoms. The van der Waals surface area contributed by atoms with Crippen LogP contribution in [0.1, 0.15) is 30.9 Å². The number of carbonyl (C=O) groups is 1. The minimum Gasteiger partial charge on any atom is -0.352 e. The number of hydrogen-bond donors (Lipinski definition) is 1. The van der Waals surface area contributed by atoms with E-state index in [1.54, 1.807) is 0 Å². The fourth-order valence-electron chi connectivity index (χ4n) is 1.84. The van der Waals surface area contributed by atoms with Gasteiger partial charge in [-0.3, -0.25) is 9.48 Å². The van der Waals surface area contributed by atoms with Gasteiger partial charge in [0.05, 0.1) is 0 Å². The molecule has 4 heteroatoms. The van der Waals surface area contributed by atoms with Gasteiger partial charge < -0.3 is 5.32 Å². The van der Waals surface area contributed by atoms with Crippen molar-refractivity contribution in [3.05, 3.63) is 36.3 Å². The lowest BCUT2D eigenvalue weighted by atomic mass is 10.3. The third-order valence-electron chi connectivity index (χ3n) is 2.82. The molecule has 0 saturated heterocycles. The molecule has 17 heavy (non-hydrogen) atoms. The molecule has 1 aliphatic rings. The molecule has 0 radical (unpaired) electrons. The SMILES string of the molecule is C=C=CC(=O)NCCCn1nccc1C1CC1. The van der Waals surface area contributed by atoms with Gasteiger partial charge in [-0.2, -0.15) is 5.10 Å². The minimum atomic E-state index is -0.136. The molecule has 1 fully saturated rings. The molecule has 0 aliphatic heterocycles. The summed E-state index contributed by atoms with van der Waals surface area (Å²) < 4.78 is 2.05. The number of amides is 1. The molecule has 1 saturated carbocycles. The van der Waals surface area contributed by atoms with Crippen molar-refractivity contribution in [2.45, 2.75) is 31.7 Å². The van der Waals surface area contributed by atoms with E-state index in [1.807, 2.05) is 10.9 Å².